The fourth-order valence-corrected chi connectivity index (χ4v) is 2.02. The maximum absolute atomic E-state index is 7.54. The highest BCUT2D eigenvalue weighted by Crippen LogP contribution is 2.22. The predicted molar refractivity (Wildman–Crippen MR) is 80.7 cm³/mol. The number of nitrogens with two attached hydrogens (primary N) is 1. The largest absolute Gasteiger partial charge is 0.489 e. The van der Waals surface area contributed by atoms with Crippen LogP contribution in [0.3, 0.4) is 0 Å². The molecule has 0 fully saturated rings. The summed E-state index contributed by atoms with van der Waals surface area (Å²) in [5, 5.41) is 7.54. The summed E-state index contributed by atoms with van der Waals surface area (Å²) in [7, 11) is 0. The van der Waals surface area contributed by atoms with Crippen molar-refractivity contribution >= 4 is 21.8 Å². The van der Waals surface area contributed by atoms with Gasteiger partial charge in [-0.1, -0.05) is 40.2 Å². The van der Waals surface area contributed by atoms with Crippen LogP contribution in [-0.2, 0) is 6.61 Å². The first-order valence-corrected chi connectivity index (χ1v) is 6.68. The van der Waals surface area contributed by atoms with Crippen molar-refractivity contribution in [1.82, 2.24) is 0 Å². The van der Waals surface area contributed by atoms with Gasteiger partial charge in [-0.05, 0) is 30.7 Å². The highest BCUT2D eigenvalue weighted by atomic mass is 79.9. The molecule has 0 amide bonds. The van der Waals surface area contributed by atoms with Crippen LogP contribution in [0.1, 0.15) is 16.7 Å². The first-order valence-electron chi connectivity index (χ1n) is 5.89. The number of nitrogens with one attached hydrogen (secondary N) is 1. The third-order valence-electron chi connectivity index (χ3n) is 2.83. The molecule has 0 spiro atoms. The van der Waals surface area contributed by atoms with E-state index in [4.69, 9.17) is 15.9 Å². The van der Waals surface area contributed by atoms with E-state index in [0.29, 0.717) is 6.61 Å². The van der Waals surface area contributed by atoms with Crippen LogP contribution in [-0.4, -0.2) is 5.84 Å². The Labute approximate surface area is 121 Å². The Morgan fingerprint density at radius 3 is 2.68 bits per heavy atom. The Morgan fingerprint density at radius 2 is 2.00 bits per heavy atom. The lowest BCUT2D eigenvalue weighted by Gasteiger charge is -2.11. The smallest absolute Gasteiger partial charge is 0.123 e. The average molecular weight is 319 g/mol. The maximum atomic E-state index is 7.54. The van der Waals surface area contributed by atoms with E-state index in [1.165, 1.54) is 0 Å². The highest BCUT2D eigenvalue weighted by Gasteiger charge is 2.05. The van der Waals surface area contributed by atoms with Crippen molar-refractivity contribution in [1.29, 1.82) is 5.41 Å². The van der Waals surface area contributed by atoms with Gasteiger partial charge < -0.3 is 10.5 Å². The van der Waals surface area contributed by atoms with E-state index >= 15 is 0 Å². The predicted octanol–water partition coefficient (Wildman–Crippen LogP) is 3.62. The molecule has 3 nitrogen and oxygen atoms in total. The normalized spacial score (nSPS) is 10.2. The minimum atomic E-state index is 0.0613. The zero-order chi connectivity index (χ0) is 13.8. The zero-order valence-corrected chi connectivity index (χ0v) is 12.2. The van der Waals surface area contributed by atoms with Gasteiger partial charge in [-0.2, -0.15) is 0 Å². The van der Waals surface area contributed by atoms with Crippen molar-refractivity contribution in [2.24, 2.45) is 5.73 Å². The van der Waals surface area contributed by atoms with Gasteiger partial charge in [-0.3, -0.25) is 5.41 Å². The van der Waals surface area contributed by atoms with Gasteiger partial charge in [0.15, 0.2) is 0 Å². The van der Waals surface area contributed by atoms with Gasteiger partial charge in [0.2, 0.25) is 0 Å². The Hall–Kier alpha value is -1.81. The van der Waals surface area contributed by atoms with Gasteiger partial charge >= 0.3 is 0 Å². The summed E-state index contributed by atoms with van der Waals surface area (Å²) in [6.07, 6.45) is 0. The maximum Gasteiger partial charge on any atom is 0.123 e. The fourth-order valence-electron chi connectivity index (χ4n) is 1.78. The van der Waals surface area contributed by atoms with Gasteiger partial charge in [0, 0.05) is 15.6 Å². The molecule has 0 saturated carbocycles. The summed E-state index contributed by atoms with van der Waals surface area (Å²) < 4.78 is 6.80. The van der Waals surface area contributed by atoms with Crippen molar-refractivity contribution in [3.8, 4) is 5.75 Å². The number of nitrogen functional groups attached to an aromatic ring is 1. The molecular formula is C15H15BrN2O. The molecule has 0 aliphatic rings. The second-order valence-corrected chi connectivity index (χ2v) is 5.12. The van der Waals surface area contributed by atoms with Crippen molar-refractivity contribution in [3.63, 3.8) is 0 Å². The van der Waals surface area contributed by atoms with E-state index in [1.807, 2.05) is 49.4 Å². The average Bonchev–Trinajstić information content (AvgIpc) is 2.40. The molecule has 0 heterocycles. The minimum Gasteiger partial charge on any atom is -0.489 e. The zero-order valence-electron chi connectivity index (χ0n) is 10.6. The van der Waals surface area contributed by atoms with Crippen molar-refractivity contribution in [2.45, 2.75) is 13.5 Å². The van der Waals surface area contributed by atoms with Crippen LogP contribution in [0.5, 0.6) is 5.75 Å². The highest BCUT2D eigenvalue weighted by molar-refractivity contribution is 9.10. The summed E-state index contributed by atoms with van der Waals surface area (Å²) in [6, 6.07) is 13.4. The van der Waals surface area contributed by atoms with E-state index in [0.717, 1.165) is 26.9 Å². The summed E-state index contributed by atoms with van der Waals surface area (Å²) in [5.41, 5.74) is 8.30. The van der Waals surface area contributed by atoms with Crippen LogP contribution in [0.4, 0.5) is 0 Å². The Kier molecular flexibility index (Phi) is 4.22. The minimum absolute atomic E-state index is 0.0613. The molecule has 0 aliphatic heterocycles. The molecule has 2 aromatic rings. The second-order valence-electron chi connectivity index (χ2n) is 4.27. The summed E-state index contributed by atoms with van der Waals surface area (Å²) in [4.78, 5) is 0. The van der Waals surface area contributed by atoms with Gasteiger partial charge in [-0.15, -0.1) is 0 Å². The molecule has 0 aromatic heterocycles. The monoisotopic (exact) mass is 318 g/mol. The number of amidine groups is 1. The van der Waals surface area contributed by atoms with Gasteiger partial charge in [0.05, 0.1) is 0 Å². The first-order chi connectivity index (χ1) is 9.08. The van der Waals surface area contributed by atoms with Gasteiger partial charge in [-0.25, -0.2) is 0 Å². The number of aryl methyl sites for hydroxylation is 1. The van der Waals surface area contributed by atoms with E-state index in [-0.39, 0.29) is 5.84 Å². The SMILES string of the molecule is Cc1cc(OCc2ccccc2C(=N)N)ccc1Br. The lowest BCUT2D eigenvalue weighted by Crippen LogP contribution is -2.14. The summed E-state index contributed by atoms with van der Waals surface area (Å²) >= 11 is 3.46. The number of hydrogen-bond donors (Lipinski definition) is 2. The third kappa shape index (κ3) is 3.35. The quantitative estimate of drug-likeness (QED) is 0.668. The molecule has 0 atom stereocenters. The van der Waals surface area contributed by atoms with E-state index in [2.05, 4.69) is 15.9 Å². The van der Waals surface area contributed by atoms with Crippen molar-refractivity contribution in [2.75, 3.05) is 0 Å². The van der Waals surface area contributed by atoms with Gasteiger partial charge in [0.1, 0.15) is 18.2 Å². The molecule has 2 rings (SSSR count). The van der Waals surface area contributed by atoms with Gasteiger partial charge in [0.25, 0.3) is 0 Å². The molecule has 2 aromatic carbocycles. The summed E-state index contributed by atoms with van der Waals surface area (Å²) in [5.74, 6) is 0.866. The van der Waals surface area contributed by atoms with Crippen molar-refractivity contribution < 1.29 is 4.74 Å². The number of benzene rings is 2. The number of rotatable bonds is 4. The molecule has 3 N–H and O–H groups in total. The molecule has 98 valence electrons. The summed E-state index contributed by atoms with van der Waals surface area (Å²) in [6.45, 7) is 2.41. The number of ether oxygens (including phenoxy) is 1. The Morgan fingerprint density at radius 1 is 1.26 bits per heavy atom. The van der Waals surface area contributed by atoms with Crippen LogP contribution in [0.2, 0.25) is 0 Å². The second kappa shape index (κ2) is 5.89. The van der Waals surface area contributed by atoms with Crippen LogP contribution >= 0.6 is 15.9 Å². The molecule has 0 radical (unpaired) electrons. The molecule has 19 heavy (non-hydrogen) atoms. The Balaban J connectivity index is 2.14. The lowest BCUT2D eigenvalue weighted by atomic mass is 10.1. The van der Waals surface area contributed by atoms with Crippen LogP contribution in [0.25, 0.3) is 0 Å². The number of halogens is 1. The molecule has 4 heteroatoms. The third-order valence-corrected chi connectivity index (χ3v) is 3.72. The molecule has 0 bridgehead atoms. The topological polar surface area (TPSA) is 59.1 Å². The van der Waals surface area contributed by atoms with Crippen LogP contribution in [0.15, 0.2) is 46.9 Å². The van der Waals surface area contributed by atoms with Crippen LogP contribution < -0.4 is 10.5 Å². The molecule has 0 saturated heterocycles. The standard InChI is InChI=1S/C15H15BrN2O/c1-10-8-12(6-7-14(10)16)19-9-11-4-2-3-5-13(11)15(17)18/h2-8H,9H2,1H3,(H3,17,18). The first kappa shape index (κ1) is 13.6. The van der Waals surface area contributed by atoms with Crippen molar-refractivity contribution in [3.05, 3.63) is 63.6 Å². The van der Waals surface area contributed by atoms with E-state index in [1.54, 1.807) is 0 Å². The lowest BCUT2D eigenvalue weighted by molar-refractivity contribution is 0.305. The van der Waals surface area contributed by atoms with E-state index < -0.39 is 0 Å². The number of hydrogen-bond acceptors (Lipinski definition) is 2. The Bertz CT molecular complexity index is 611. The van der Waals surface area contributed by atoms with E-state index in [9.17, 15) is 0 Å². The van der Waals surface area contributed by atoms with Crippen LogP contribution in [0, 0.1) is 12.3 Å². The molecule has 0 unspecified atom stereocenters. The fraction of sp³-hybridized carbons (Fsp3) is 0.133. The molecular weight excluding hydrogens is 304 g/mol. The molecule has 0 aliphatic carbocycles.